The molecule has 0 spiro atoms. The summed E-state index contributed by atoms with van der Waals surface area (Å²) in [6.07, 6.45) is 0.138. The van der Waals surface area contributed by atoms with E-state index in [1.165, 1.54) is 12.1 Å². The van der Waals surface area contributed by atoms with Gasteiger partial charge in [-0.15, -0.1) is 12.4 Å². The average molecular weight is 472 g/mol. The third kappa shape index (κ3) is 8.75. The molecule has 0 bridgehead atoms. The quantitative estimate of drug-likeness (QED) is 0.274. The first-order valence-electron chi connectivity index (χ1n) is 10.5. The van der Waals surface area contributed by atoms with Crippen LogP contribution in [0.2, 0.25) is 0 Å². The van der Waals surface area contributed by atoms with E-state index in [-0.39, 0.29) is 30.7 Å². The summed E-state index contributed by atoms with van der Waals surface area (Å²) in [6.45, 7) is 1.27. The number of nitrogens with one attached hydrogen (secondary N) is 2. The van der Waals surface area contributed by atoms with Gasteiger partial charge in [0, 0.05) is 12.2 Å². The number of hydrogen-bond acceptors (Lipinski definition) is 6. The number of phenols is 1. The lowest BCUT2D eigenvalue weighted by molar-refractivity contribution is -0.117. The van der Waals surface area contributed by atoms with Gasteiger partial charge in [-0.1, -0.05) is 42.5 Å². The summed E-state index contributed by atoms with van der Waals surface area (Å²) in [5.74, 6) is 0.513. The summed E-state index contributed by atoms with van der Waals surface area (Å²) in [6, 6.07) is 22.5. The van der Waals surface area contributed by atoms with Crippen molar-refractivity contribution >= 4 is 24.0 Å². The van der Waals surface area contributed by atoms with Gasteiger partial charge in [0.05, 0.1) is 0 Å². The zero-order valence-corrected chi connectivity index (χ0v) is 19.0. The van der Waals surface area contributed by atoms with Crippen LogP contribution in [-0.4, -0.2) is 41.9 Å². The molecule has 33 heavy (non-hydrogen) atoms. The van der Waals surface area contributed by atoms with Crippen molar-refractivity contribution in [3.8, 4) is 11.5 Å². The molecule has 0 aliphatic heterocycles. The largest absolute Gasteiger partial charge is 0.508 e. The van der Waals surface area contributed by atoms with Crippen LogP contribution in [0.15, 0.2) is 78.9 Å². The minimum absolute atomic E-state index is 0. The van der Waals surface area contributed by atoms with Gasteiger partial charge in [-0.25, -0.2) is 0 Å². The van der Waals surface area contributed by atoms with Gasteiger partial charge in [0.2, 0.25) is 5.91 Å². The maximum Gasteiger partial charge on any atom is 0.245 e. The molecule has 3 rings (SSSR count). The lowest BCUT2D eigenvalue weighted by Gasteiger charge is -2.14. The minimum atomic E-state index is -0.718. The van der Waals surface area contributed by atoms with Gasteiger partial charge in [-0.05, 0) is 60.5 Å². The number of ether oxygens (including phenoxy) is 1. The number of halogens is 1. The highest BCUT2D eigenvalue weighted by molar-refractivity contribution is 5.95. The first-order chi connectivity index (χ1) is 15.5. The molecule has 0 saturated heterocycles. The number of benzene rings is 3. The van der Waals surface area contributed by atoms with E-state index in [4.69, 9.17) is 10.5 Å². The van der Waals surface area contributed by atoms with Gasteiger partial charge in [-0.2, -0.15) is 0 Å². The van der Waals surface area contributed by atoms with Crippen LogP contribution in [0.3, 0.4) is 0 Å². The van der Waals surface area contributed by atoms with Crippen LogP contribution in [0, 0.1) is 0 Å². The molecule has 1 unspecified atom stereocenters. The van der Waals surface area contributed by atoms with E-state index in [1.54, 1.807) is 12.1 Å². The third-order valence-electron chi connectivity index (χ3n) is 4.91. The van der Waals surface area contributed by atoms with Crippen LogP contribution in [0.1, 0.15) is 17.2 Å². The second-order valence-electron chi connectivity index (χ2n) is 7.49. The zero-order chi connectivity index (χ0) is 22.8. The topological polar surface area (TPSA) is 117 Å². The van der Waals surface area contributed by atoms with Gasteiger partial charge in [-0.3, -0.25) is 4.79 Å². The number of amides is 1. The Kier molecular flexibility index (Phi) is 10.7. The molecular weight excluding hydrogens is 442 g/mol. The number of carbonyl (C=O) groups excluding carboxylic acids is 1. The van der Waals surface area contributed by atoms with Crippen LogP contribution in [-0.2, 0) is 11.2 Å². The van der Waals surface area contributed by atoms with Gasteiger partial charge < -0.3 is 31.3 Å². The molecule has 3 aromatic carbocycles. The second-order valence-corrected chi connectivity index (χ2v) is 7.49. The predicted octanol–water partition coefficient (Wildman–Crippen LogP) is 3.02. The van der Waals surface area contributed by atoms with Crippen LogP contribution >= 0.6 is 12.4 Å². The molecule has 0 aliphatic carbocycles. The van der Waals surface area contributed by atoms with Crippen molar-refractivity contribution in [2.75, 3.05) is 25.0 Å². The standard InChI is InChI=1S/C25H29N3O4.ClH/c26-24(19-4-2-1-3-5-19)25(31)28-20-8-6-18(7-9-20)14-15-27-16-22(30)17-32-23-12-10-21(29)11-13-23;/h1-13,22,24,27,29-30H,14-17,26H2,(H,28,31);1H/t22-,24?;/m0./s1. The van der Waals surface area contributed by atoms with Crippen molar-refractivity contribution in [2.45, 2.75) is 18.6 Å². The molecule has 0 saturated carbocycles. The van der Waals surface area contributed by atoms with Crippen LogP contribution in [0.25, 0.3) is 0 Å². The molecule has 0 radical (unpaired) electrons. The number of carbonyl (C=O) groups is 1. The number of rotatable bonds is 11. The Morgan fingerprint density at radius 2 is 1.64 bits per heavy atom. The van der Waals surface area contributed by atoms with Gasteiger partial charge in [0.1, 0.15) is 30.3 Å². The molecule has 1 amide bonds. The molecule has 0 fully saturated rings. The number of nitrogens with two attached hydrogens (primary N) is 1. The Balaban J connectivity index is 0.00000385. The summed E-state index contributed by atoms with van der Waals surface area (Å²) in [4.78, 5) is 12.3. The number of phenolic OH excluding ortho intramolecular Hbond substituents is 1. The van der Waals surface area contributed by atoms with Crippen LogP contribution in [0.5, 0.6) is 11.5 Å². The zero-order valence-electron chi connectivity index (χ0n) is 18.2. The molecule has 0 aliphatic rings. The summed E-state index contributed by atoms with van der Waals surface area (Å²) in [5, 5.41) is 25.3. The number of aromatic hydroxyl groups is 1. The number of anilines is 1. The van der Waals surface area contributed by atoms with Crippen LogP contribution < -0.4 is 21.1 Å². The molecule has 0 aromatic heterocycles. The lowest BCUT2D eigenvalue weighted by Crippen LogP contribution is -2.32. The van der Waals surface area contributed by atoms with E-state index in [9.17, 15) is 15.0 Å². The molecule has 6 N–H and O–H groups in total. The smallest absolute Gasteiger partial charge is 0.245 e. The first-order valence-corrected chi connectivity index (χ1v) is 10.5. The Labute approximate surface area is 200 Å². The Morgan fingerprint density at radius 3 is 2.30 bits per heavy atom. The molecular formula is C25H30ClN3O4. The fourth-order valence-corrected chi connectivity index (χ4v) is 3.08. The number of hydrogen-bond donors (Lipinski definition) is 5. The number of aliphatic hydroxyl groups excluding tert-OH is 1. The summed E-state index contributed by atoms with van der Waals surface area (Å²) in [5.41, 5.74) is 8.59. The minimum Gasteiger partial charge on any atom is -0.508 e. The highest BCUT2D eigenvalue weighted by Crippen LogP contribution is 2.16. The van der Waals surface area contributed by atoms with Crippen molar-refractivity contribution in [3.63, 3.8) is 0 Å². The van der Waals surface area contributed by atoms with E-state index in [2.05, 4.69) is 10.6 Å². The molecule has 176 valence electrons. The van der Waals surface area contributed by atoms with Crippen molar-refractivity contribution in [2.24, 2.45) is 5.73 Å². The molecule has 0 heterocycles. The summed E-state index contributed by atoms with van der Waals surface area (Å²) >= 11 is 0. The Bertz CT molecular complexity index is 969. The van der Waals surface area contributed by atoms with Crippen molar-refractivity contribution in [3.05, 3.63) is 90.0 Å². The summed E-state index contributed by atoms with van der Waals surface area (Å²) in [7, 11) is 0. The third-order valence-corrected chi connectivity index (χ3v) is 4.91. The number of aliphatic hydroxyl groups is 1. The van der Waals surface area contributed by atoms with E-state index in [0.29, 0.717) is 24.5 Å². The molecule has 8 heteroatoms. The monoisotopic (exact) mass is 471 g/mol. The van der Waals surface area contributed by atoms with Crippen molar-refractivity contribution in [1.82, 2.24) is 5.32 Å². The lowest BCUT2D eigenvalue weighted by atomic mass is 10.1. The first kappa shape index (κ1) is 26.2. The summed E-state index contributed by atoms with van der Waals surface area (Å²) < 4.78 is 5.48. The van der Waals surface area contributed by atoms with Crippen molar-refractivity contribution < 1.29 is 19.7 Å². The highest BCUT2D eigenvalue weighted by atomic mass is 35.5. The normalized spacial score (nSPS) is 12.3. The molecule has 7 nitrogen and oxygen atoms in total. The van der Waals surface area contributed by atoms with E-state index in [0.717, 1.165) is 17.5 Å². The van der Waals surface area contributed by atoms with E-state index in [1.807, 2.05) is 54.6 Å². The second kappa shape index (κ2) is 13.4. The van der Waals surface area contributed by atoms with Gasteiger partial charge in [0.25, 0.3) is 0 Å². The Morgan fingerprint density at radius 1 is 0.970 bits per heavy atom. The van der Waals surface area contributed by atoms with Crippen molar-refractivity contribution in [1.29, 1.82) is 0 Å². The van der Waals surface area contributed by atoms with Gasteiger partial charge in [0.15, 0.2) is 0 Å². The fraction of sp³-hybridized carbons (Fsp3) is 0.240. The fourth-order valence-electron chi connectivity index (χ4n) is 3.08. The highest BCUT2D eigenvalue weighted by Gasteiger charge is 2.15. The SMILES string of the molecule is Cl.NC(C(=O)Nc1ccc(CCNC[C@H](O)COc2ccc(O)cc2)cc1)c1ccccc1. The van der Waals surface area contributed by atoms with Crippen LogP contribution in [0.4, 0.5) is 5.69 Å². The maximum atomic E-state index is 12.3. The predicted molar refractivity (Wildman–Crippen MR) is 132 cm³/mol. The van der Waals surface area contributed by atoms with Gasteiger partial charge >= 0.3 is 0 Å². The average Bonchev–Trinajstić information content (AvgIpc) is 2.82. The molecule has 3 aromatic rings. The van der Waals surface area contributed by atoms with E-state index >= 15 is 0 Å². The maximum absolute atomic E-state index is 12.3. The molecule has 2 atom stereocenters. The van der Waals surface area contributed by atoms with E-state index < -0.39 is 12.1 Å². The Hall–Kier alpha value is -3.10.